The Morgan fingerprint density at radius 1 is 1.24 bits per heavy atom. The average Bonchev–Trinajstić information content (AvgIpc) is 2.41. The van der Waals surface area contributed by atoms with Crippen LogP contribution >= 0.6 is 0 Å². The highest BCUT2D eigenvalue weighted by molar-refractivity contribution is 7.89. The fourth-order valence-electron chi connectivity index (χ4n) is 1.86. The van der Waals surface area contributed by atoms with E-state index in [9.17, 15) is 17.9 Å². The molecule has 0 saturated heterocycles. The highest BCUT2D eigenvalue weighted by Gasteiger charge is 2.21. The lowest BCUT2D eigenvalue weighted by Crippen LogP contribution is -2.26. The first-order valence-corrected chi connectivity index (χ1v) is 7.54. The van der Waals surface area contributed by atoms with Crippen molar-refractivity contribution in [3.05, 3.63) is 53.8 Å². The maximum Gasteiger partial charge on any atom is 0.243 e. The Labute approximate surface area is 122 Å². The summed E-state index contributed by atoms with van der Waals surface area (Å²) in [6.07, 6.45) is 0. The van der Waals surface area contributed by atoms with Crippen molar-refractivity contribution in [3.63, 3.8) is 0 Å². The van der Waals surface area contributed by atoms with Crippen LogP contribution < -0.4 is 5.73 Å². The van der Waals surface area contributed by atoms with Crippen LogP contribution in [0.1, 0.15) is 5.56 Å². The van der Waals surface area contributed by atoms with E-state index < -0.39 is 15.8 Å². The molecule has 0 aliphatic carbocycles. The van der Waals surface area contributed by atoms with Gasteiger partial charge in [-0.15, -0.1) is 0 Å². The fourth-order valence-corrected chi connectivity index (χ4v) is 3.05. The molecule has 0 amide bonds. The topological polar surface area (TPSA) is 83.6 Å². The number of hydrogen-bond acceptors (Lipinski definition) is 4. The largest absolute Gasteiger partial charge is 0.508 e. The fraction of sp³-hybridized carbons (Fsp3) is 0.143. The van der Waals surface area contributed by atoms with Crippen molar-refractivity contribution in [2.75, 3.05) is 12.8 Å². The lowest BCUT2D eigenvalue weighted by molar-refractivity contribution is 0.458. The van der Waals surface area contributed by atoms with E-state index in [2.05, 4.69) is 0 Å². The zero-order valence-corrected chi connectivity index (χ0v) is 12.1. The summed E-state index contributed by atoms with van der Waals surface area (Å²) in [5.74, 6) is -0.603. The summed E-state index contributed by atoms with van der Waals surface area (Å²) in [4.78, 5) is -0.0796. The highest BCUT2D eigenvalue weighted by Crippen LogP contribution is 2.21. The minimum absolute atomic E-state index is 0.0596. The van der Waals surface area contributed by atoms with Gasteiger partial charge in [-0.05, 0) is 35.9 Å². The molecule has 0 heterocycles. The number of phenolic OH excluding ortho intramolecular Hbond substituents is 1. The maximum absolute atomic E-state index is 13.1. The number of rotatable bonds is 4. The van der Waals surface area contributed by atoms with E-state index in [0.29, 0.717) is 5.56 Å². The van der Waals surface area contributed by atoms with Crippen molar-refractivity contribution < 1.29 is 17.9 Å². The van der Waals surface area contributed by atoms with Crippen molar-refractivity contribution in [2.24, 2.45) is 0 Å². The molecule has 5 nitrogen and oxygen atoms in total. The van der Waals surface area contributed by atoms with Crippen LogP contribution in [0.15, 0.2) is 47.4 Å². The molecule has 0 aliphatic rings. The minimum atomic E-state index is -3.78. The molecule has 2 aromatic rings. The molecule has 112 valence electrons. The molecule has 0 bridgehead atoms. The number of aromatic hydroxyl groups is 1. The number of sulfonamides is 1. The second kappa shape index (κ2) is 5.71. The molecule has 0 radical (unpaired) electrons. The molecule has 0 saturated carbocycles. The number of halogens is 1. The molecule has 0 spiro atoms. The number of anilines is 1. The number of nitrogens with zero attached hydrogens (tertiary/aromatic N) is 1. The average molecular weight is 310 g/mol. The van der Waals surface area contributed by atoms with Crippen LogP contribution in [0.25, 0.3) is 0 Å². The molecule has 0 aromatic heterocycles. The van der Waals surface area contributed by atoms with Crippen LogP contribution in [0.4, 0.5) is 10.1 Å². The van der Waals surface area contributed by atoms with Crippen molar-refractivity contribution in [1.29, 1.82) is 0 Å². The van der Waals surface area contributed by atoms with Crippen LogP contribution in [0.3, 0.4) is 0 Å². The number of benzene rings is 2. The van der Waals surface area contributed by atoms with Crippen LogP contribution in [0.5, 0.6) is 5.75 Å². The van der Waals surface area contributed by atoms with E-state index in [1.165, 1.54) is 25.2 Å². The van der Waals surface area contributed by atoms with Crippen molar-refractivity contribution >= 4 is 15.7 Å². The second-order valence-electron chi connectivity index (χ2n) is 4.61. The van der Waals surface area contributed by atoms with E-state index in [4.69, 9.17) is 5.73 Å². The summed E-state index contributed by atoms with van der Waals surface area (Å²) in [7, 11) is -2.38. The molecule has 2 rings (SSSR count). The number of phenols is 1. The predicted molar refractivity (Wildman–Crippen MR) is 77.6 cm³/mol. The number of nitrogens with two attached hydrogens (primary N) is 1. The molecular weight excluding hydrogens is 295 g/mol. The zero-order chi connectivity index (χ0) is 15.6. The summed E-state index contributed by atoms with van der Waals surface area (Å²) in [5.41, 5.74) is 5.81. The molecule has 3 N–H and O–H groups in total. The Balaban J connectivity index is 2.28. The Morgan fingerprint density at radius 3 is 2.57 bits per heavy atom. The van der Waals surface area contributed by atoms with Crippen molar-refractivity contribution in [2.45, 2.75) is 11.4 Å². The monoisotopic (exact) mass is 310 g/mol. The summed E-state index contributed by atoms with van der Waals surface area (Å²) in [6, 6.07) is 9.57. The van der Waals surface area contributed by atoms with Crippen molar-refractivity contribution in [1.82, 2.24) is 4.31 Å². The highest BCUT2D eigenvalue weighted by atomic mass is 32.2. The molecular formula is C14H15FN2O3S. The van der Waals surface area contributed by atoms with E-state index in [0.717, 1.165) is 16.4 Å². The maximum atomic E-state index is 13.1. The molecule has 0 atom stereocenters. The normalized spacial score (nSPS) is 11.8. The van der Waals surface area contributed by atoms with Gasteiger partial charge in [-0.25, -0.2) is 12.8 Å². The van der Waals surface area contributed by atoms with Gasteiger partial charge < -0.3 is 10.8 Å². The van der Waals surface area contributed by atoms with Gasteiger partial charge in [0.1, 0.15) is 11.6 Å². The Kier molecular flexibility index (Phi) is 4.15. The van der Waals surface area contributed by atoms with Crippen molar-refractivity contribution in [3.8, 4) is 5.75 Å². The first kappa shape index (κ1) is 15.3. The Morgan fingerprint density at radius 2 is 1.95 bits per heavy atom. The quantitative estimate of drug-likeness (QED) is 0.845. The van der Waals surface area contributed by atoms with Gasteiger partial charge in [-0.2, -0.15) is 4.31 Å². The third-order valence-electron chi connectivity index (χ3n) is 2.99. The molecule has 7 heteroatoms. The zero-order valence-electron chi connectivity index (χ0n) is 11.3. The lowest BCUT2D eigenvalue weighted by Gasteiger charge is -2.17. The third kappa shape index (κ3) is 3.32. The smallest absolute Gasteiger partial charge is 0.243 e. The molecule has 0 unspecified atom stereocenters. The summed E-state index contributed by atoms with van der Waals surface area (Å²) < 4.78 is 39.0. The molecule has 0 fully saturated rings. The Bertz CT molecular complexity index is 763. The van der Waals surface area contributed by atoms with Gasteiger partial charge in [0.05, 0.1) is 10.6 Å². The van der Waals surface area contributed by atoms with E-state index in [1.54, 1.807) is 12.1 Å². The number of nitrogen functional groups attached to an aromatic ring is 1. The van der Waals surface area contributed by atoms with Gasteiger partial charge in [0.2, 0.25) is 10.0 Å². The van der Waals surface area contributed by atoms with Gasteiger partial charge >= 0.3 is 0 Å². The number of hydrogen-bond donors (Lipinski definition) is 2. The van der Waals surface area contributed by atoms with Crippen LogP contribution in [0.2, 0.25) is 0 Å². The summed E-state index contributed by atoms with van der Waals surface area (Å²) in [6.45, 7) is 0.0774. The van der Waals surface area contributed by atoms with Gasteiger partial charge in [0.15, 0.2) is 0 Å². The predicted octanol–water partition coefficient (Wildman–Crippen LogP) is 1.93. The van der Waals surface area contributed by atoms with E-state index >= 15 is 0 Å². The van der Waals surface area contributed by atoms with Crippen LogP contribution in [-0.4, -0.2) is 24.9 Å². The first-order chi connectivity index (χ1) is 9.80. The molecule has 21 heavy (non-hydrogen) atoms. The SMILES string of the molecule is CN(Cc1cccc(O)c1)S(=O)(=O)c1ccc(F)c(N)c1. The standard InChI is InChI=1S/C14H15FN2O3S/c1-17(9-10-3-2-4-11(18)7-10)21(19,20)12-5-6-13(15)14(16)8-12/h2-8,18H,9,16H2,1H3. The summed E-state index contributed by atoms with van der Waals surface area (Å²) >= 11 is 0. The Hall–Kier alpha value is -2.12. The third-order valence-corrected chi connectivity index (χ3v) is 4.79. The van der Waals surface area contributed by atoms with Gasteiger partial charge in [0.25, 0.3) is 0 Å². The van der Waals surface area contributed by atoms with E-state index in [1.807, 2.05) is 0 Å². The first-order valence-electron chi connectivity index (χ1n) is 6.10. The van der Waals surface area contributed by atoms with Gasteiger partial charge in [0, 0.05) is 13.6 Å². The van der Waals surface area contributed by atoms with Gasteiger partial charge in [-0.3, -0.25) is 0 Å². The lowest BCUT2D eigenvalue weighted by atomic mass is 10.2. The van der Waals surface area contributed by atoms with Crippen LogP contribution in [0, 0.1) is 5.82 Å². The molecule has 2 aromatic carbocycles. The minimum Gasteiger partial charge on any atom is -0.508 e. The summed E-state index contributed by atoms with van der Waals surface area (Å²) in [5, 5.41) is 9.39. The molecule has 0 aliphatic heterocycles. The van der Waals surface area contributed by atoms with Gasteiger partial charge in [-0.1, -0.05) is 12.1 Å². The van der Waals surface area contributed by atoms with Crippen LogP contribution in [-0.2, 0) is 16.6 Å². The second-order valence-corrected chi connectivity index (χ2v) is 6.66. The van der Waals surface area contributed by atoms with E-state index in [-0.39, 0.29) is 22.9 Å².